The average Bonchev–Trinajstić information content (AvgIpc) is 2.77. The minimum Gasteiger partial charge on any atom is -0.338 e. The van der Waals surface area contributed by atoms with E-state index < -0.39 is 0 Å². The SMILES string of the molecule is CCCNC(CCC)CCCCc1nccn1C. The maximum absolute atomic E-state index is 4.37. The minimum absolute atomic E-state index is 0.719. The third-order valence-corrected chi connectivity index (χ3v) is 3.44. The van der Waals surface area contributed by atoms with Gasteiger partial charge in [-0.2, -0.15) is 0 Å². The van der Waals surface area contributed by atoms with Crippen LogP contribution in [0.5, 0.6) is 0 Å². The fourth-order valence-electron chi connectivity index (χ4n) is 2.36. The van der Waals surface area contributed by atoms with Gasteiger partial charge in [-0.15, -0.1) is 0 Å². The van der Waals surface area contributed by atoms with Crippen molar-refractivity contribution >= 4 is 0 Å². The maximum Gasteiger partial charge on any atom is 0.108 e. The van der Waals surface area contributed by atoms with Gasteiger partial charge in [0.2, 0.25) is 0 Å². The van der Waals surface area contributed by atoms with Crippen LogP contribution in [0.25, 0.3) is 0 Å². The second-order valence-electron chi connectivity index (χ2n) is 5.14. The van der Waals surface area contributed by atoms with Gasteiger partial charge in [0.25, 0.3) is 0 Å². The Morgan fingerprint density at radius 3 is 2.67 bits per heavy atom. The van der Waals surface area contributed by atoms with E-state index in [2.05, 4.69) is 35.8 Å². The second kappa shape index (κ2) is 9.15. The molecule has 0 bridgehead atoms. The molecule has 1 atom stereocenters. The summed E-state index contributed by atoms with van der Waals surface area (Å²) in [4.78, 5) is 4.37. The number of aromatic nitrogens is 2. The molecule has 0 spiro atoms. The Kier molecular flexibility index (Phi) is 7.74. The van der Waals surface area contributed by atoms with E-state index in [4.69, 9.17) is 0 Å². The monoisotopic (exact) mass is 251 g/mol. The van der Waals surface area contributed by atoms with Crippen LogP contribution in [-0.4, -0.2) is 22.1 Å². The molecular formula is C15H29N3. The molecular weight excluding hydrogens is 222 g/mol. The lowest BCUT2D eigenvalue weighted by Crippen LogP contribution is -2.29. The molecule has 1 aromatic heterocycles. The van der Waals surface area contributed by atoms with Crippen LogP contribution in [0, 0.1) is 0 Å². The molecule has 0 amide bonds. The molecule has 104 valence electrons. The predicted octanol–water partition coefficient (Wildman–Crippen LogP) is 3.30. The molecule has 0 saturated heterocycles. The minimum atomic E-state index is 0.719. The van der Waals surface area contributed by atoms with Gasteiger partial charge < -0.3 is 9.88 Å². The van der Waals surface area contributed by atoms with Crippen LogP contribution in [0.1, 0.15) is 58.2 Å². The van der Waals surface area contributed by atoms with Crippen molar-refractivity contribution in [2.75, 3.05) is 6.54 Å². The first-order valence-corrected chi connectivity index (χ1v) is 7.47. The van der Waals surface area contributed by atoms with Gasteiger partial charge in [-0.25, -0.2) is 4.98 Å². The van der Waals surface area contributed by atoms with Crippen LogP contribution in [0.2, 0.25) is 0 Å². The lowest BCUT2D eigenvalue weighted by Gasteiger charge is -2.17. The standard InChI is InChI=1S/C15H29N3/c1-4-8-14(16-11-5-2)9-6-7-10-15-17-12-13-18(15)3/h12-14,16H,4-11H2,1-3H3. The van der Waals surface area contributed by atoms with Crippen molar-refractivity contribution in [3.8, 4) is 0 Å². The fraction of sp³-hybridized carbons (Fsp3) is 0.800. The van der Waals surface area contributed by atoms with Crippen molar-refractivity contribution in [2.24, 2.45) is 7.05 Å². The number of imidazole rings is 1. The van der Waals surface area contributed by atoms with Crippen molar-refractivity contribution in [1.82, 2.24) is 14.9 Å². The first-order valence-electron chi connectivity index (χ1n) is 7.47. The lowest BCUT2D eigenvalue weighted by molar-refractivity contribution is 0.431. The summed E-state index contributed by atoms with van der Waals surface area (Å²) in [6.07, 6.45) is 12.7. The van der Waals surface area contributed by atoms with E-state index in [1.807, 2.05) is 12.4 Å². The van der Waals surface area contributed by atoms with E-state index in [0.717, 1.165) is 19.0 Å². The molecule has 0 radical (unpaired) electrons. The van der Waals surface area contributed by atoms with Crippen LogP contribution >= 0.6 is 0 Å². The summed E-state index contributed by atoms with van der Waals surface area (Å²) in [6.45, 7) is 5.66. The lowest BCUT2D eigenvalue weighted by atomic mass is 10.0. The summed E-state index contributed by atoms with van der Waals surface area (Å²) in [5, 5.41) is 3.65. The van der Waals surface area contributed by atoms with Crippen molar-refractivity contribution < 1.29 is 0 Å². The first kappa shape index (κ1) is 15.2. The Bertz CT molecular complexity index is 306. The van der Waals surface area contributed by atoms with Gasteiger partial charge in [-0.3, -0.25) is 0 Å². The number of unbranched alkanes of at least 4 members (excludes halogenated alkanes) is 1. The van der Waals surface area contributed by atoms with E-state index >= 15 is 0 Å². The normalized spacial score (nSPS) is 12.8. The highest BCUT2D eigenvalue weighted by Gasteiger charge is 2.06. The van der Waals surface area contributed by atoms with Crippen LogP contribution < -0.4 is 5.32 Å². The zero-order chi connectivity index (χ0) is 13.2. The number of hydrogen-bond acceptors (Lipinski definition) is 2. The first-order chi connectivity index (χ1) is 8.77. The molecule has 0 aromatic carbocycles. The van der Waals surface area contributed by atoms with Crippen LogP contribution in [0.4, 0.5) is 0 Å². The Balaban J connectivity index is 2.16. The molecule has 0 fully saturated rings. The van der Waals surface area contributed by atoms with Crippen molar-refractivity contribution in [2.45, 2.75) is 64.8 Å². The Morgan fingerprint density at radius 2 is 2.06 bits per heavy atom. The molecule has 1 N–H and O–H groups in total. The number of hydrogen-bond donors (Lipinski definition) is 1. The third kappa shape index (κ3) is 5.67. The average molecular weight is 251 g/mol. The van der Waals surface area contributed by atoms with Crippen molar-refractivity contribution in [3.05, 3.63) is 18.2 Å². The molecule has 1 rings (SSSR count). The fourth-order valence-corrected chi connectivity index (χ4v) is 2.36. The Hall–Kier alpha value is -0.830. The highest BCUT2D eigenvalue weighted by molar-refractivity contribution is 4.90. The van der Waals surface area contributed by atoms with Gasteiger partial charge in [0, 0.05) is 31.9 Å². The molecule has 1 heterocycles. The summed E-state index contributed by atoms with van der Waals surface area (Å²) in [5.74, 6) is 1.21. The highest BCUT2D eigenvalue weighted by atomic mass is 15.0. The Labute approximate surface area is 112 Å². The quantitative estimate of drug-likeness (QED) is 0.647. The summed E-state index contributed by atoms with van der Waals surface area (Å²) in [7, 11) is 2.07. The molecule has 18 heavy (non-hydrogen) atoms. The number of aryl methyl sites for hydroxylation is 2. The second-order valence-corrected chi connectivity index (χ2v) is 5.14. The van der Waals surface area contributed by atoms with E-state index in [0.29, 0.717) is 0 Å². The molecule has 3 heteroatoms. The Morgan fingerprint density at radius 1 is 1.22 bits per heavy atom. The maximum atomic E-state index is 4.37. The number of nitrogens with zero attached hydrogens (tertiary/aromatic N) is 2. The number of rotatable bonds is 10. The summed E-state index contributed by atoms with van der Waals surface area (Å²) >= 11 is 0. The van der Waals surface area contributed by atoms with Crippen molar-refractivity contribution in [3.63, 3.8) is 0 Å². The van der Waals surface area contributed by atoms with Gasteiger partial charge in [-0.1, -0.05) is 26.7 Å². The topological polar surface area (TPSA) is 29.9 Å². The summed E-state index contributed by atoms with van der Waals surface area (Å²) in [5.41, 5.74) is 0. The highest BCUT2D eigenvalue weighted by Crippen LogP contribution is 2.09. The van der Waals surface area contributed by atoms with E-state index in [9.17, 15) is 0 Å². The zero-order valence-electron chi connectivity index (χ0n) is 12.3. The largest absolute Gasteiger partial charge is 0.338 e. The van der Waals surface area contributed by atoms with Gasteiger partial charge in [0.15, 0.2) is 0 Å². The van der Waals surface area contributed by atoms with Crippen LogP contribution in [-0.2, 0) is 13.5 Å². The van der Waals surface area contributed by atoms with Gasteiger partial charge in [0.1, 0.15) is 5.82 Å². The predicted molar refractivity (Wildman–Crippen MR) is 77.8 cm³/mol. The van der Waals surface area contributed by atoms with Crippen LogP contribution in [0.15, 0.2) is 12.4 Å². The van der Waals surface area contributed by atoms with Crippen LogP contribution in [0.3, 0.4) is 0 Å². The molecule has 3 nitrogen and oxygen atoms in total. The smallest absolute Gasteiger partial charge is 0.108 e. The molecule has 0 aliphatic rings. The number of nitrogens with one attached hydrogen (secondary N) is 1. The molecule has 0 aliphatic heterocycles. The van der Waals surface area contributed by atoms with Gasteiger partial charge in [-0.05, 0) is 32.2 Å². The molecule has 1 aromatic rings. The summed E-state index contributed by atoms with van der Waals surface area (Å²) in [6, 6.07) is 0.719. The van der Waals surface area contributed by atoms with Gasteiger partial charge >= 0.3 is 0 Å². The summed E-state index contributed by atoms with van der Waals surface area (Å²) < 4.78 is 2.12. The van der Waals surface area contributed by atoms with E-state index in [1.165, 1.54) is 44.3 Å². The zero-order valence-corrected chi connectivity index (χ0v) is 12.3. The third-order valence-electron chi connectivity index (χ3n) is 3.44. The van der Waals surface area contributed by atoms with E-state index in [1.54, 1.807) is 0 Å². The van der Waals surface area contributed by atoms with E-state index in [-0.39, 0.29) is 0 Å². The molecule has 0 aliphatic carbocycles. The van der Waals surface area contributed by atoms with Crippen molar-refractivity contribution in [1.29, 1.82) is 0 Å². The van der Waals surface area contributed by atoms with Gasteiger partial charge in [0.05, 0.1) is 0 Å². The molecule has 1 unspecified atom stereocenters. The molecule has 0 saturated carbocycles.